The summed E-state index contributed by atoms with van der Waals surface area (Å²) in [6.07, 6.45) is 0. The summed E-state index contributed by atoms with van der Waals surface area (Å²) in [6, 6.07) is 3.92. The Hall–Kier alpha value is -0.940. The first-order chi connectivity index (χ1) is 8.95. The Kier molecular flexibility index (Phi) is 4.26. The number of halogens is 1. The normalized spacial score (nSPS) is 11.3. The molecule has 0 radical (unpaired) electrons. The molecule has 0 atom stereocenters. The number of thiazole rings is 1. The molecule has 0 aromatic carbocycles. The van der Waals surface area contributed by atoms with Gasteiger partial charge in [-0.2, -0.15) is 5.26 Å². The van der Waals surface area contributed by atoms with Gasteiger partial charge in [-0.25, -0.2) is 4.98 Å². The second-order valence-corrected chi connectivity index (χ2v) is 7.37. The van der Waals surface area contributed by atoms with Crippen molar-refractivity contribution < 1.29 is 5.11 Å². The van der Waals surface area contributed by atoms with Gasteiger partial charge in [-0.3, -0.25) is 0 Å². The van der Waals surface area contributed by atoms with E-state index < -0.39 is 5.54 Å². The van der Waals surface area contributed by atoms with Crippen LogP contribution in [0.1, 0.15) is 18.7 Å². The monoisotopic (exact) mass is 357 g/mol. The molecule has 0 saturated heterocycles. The SMILES string of the molecule is CC(C)(CO)Nc1nc(-c2sc(C#N)cc2Br)cs1. The molecule has 2 aromatic heterocycles. The molecule has 4 nitrogen and oxygen atoms in total. The van der Waals surface area contributed by atoms with Crippen molar-refractivity contribution in [3.8, 4) is 16.6 Å². The number of thiophene rings is 1. The lowest BCUT2D eigenvalue weighted by Crippen LogP contribution is -2.34. The van der Waals surface area contributed by atoms with Gasteiger partial charge in [0.05, 0.1) is 22.7 Å². The van der Waals surface area contributed by atoms with Crippen molar-refractivity contribution in [2.75, 3.05) is 11.9 Å². The summed E-state index contributed by atoms with van der Waals surface area (Å²) >= 11 is 6.33. The number of nitrogens with zero attached hydrogens (tertiary/aromatic N) is 2. The molecule has 100 valence electrons. The number of hydrogen-bond donors (Lipinski definition) is 2. The van der Waals surface area contributed by atoms with E-state index >= 15 is 0 Å². The maximum Gasteiger partial charge on any atom is 0.183 e. The summed E-state index contributed by atoms with van der Waals surface area (Å²) in [5, 5.41) is 24.0. The second-order valence-electron chi connectivity index (χ2n) is 4.60. The van der Waals surface area contributed by atoms with Crippen LogP contribution < -0.4 is 5.32 Å². The van der Waals surface area contributed by atoms with Gasteiger partial charge in [0.25, 0.3) is 0 Å². The lowest BCUT2D eigenvalue weighted by atomic mass is 10.1. The fourth-order valence-corrected chi connectivity index (χ4v) is 3.95. The van der Waals surface area contributed by atoms with Crippen LogP contribution in [0.3, 0.4) is 0 Å². The van der Waals surface area contributed by atoms with E-state index in [9.17, 15) is 5.11 Å². The highest BCUT2D eigenvalue weighted by atomic mass is 79.9. The third-order valence-electron chi connectivity index (χ3n) is 2.37. The van der Waals surface area contributed by atoms with Crippen LogP contribution in [-0.4, -0.2) is 22.2 Å². The quantitative estimate of drug-likeness (QED) is 0.875. The number of aliphatic hydroxyl groups is 1. The summed E-state index contributed by atoms with van der Waals surface area (Å²) < 4.78 is 0.882. The average molecular weight is 358 g/mol. The van der Waals surface area contributed by atoms with Gasteiger partial charge in [0.2, 0.25) is 0 Å². The molecule has 2 aromatic rings. The van der Waals surface area contributed by atoms with Crippen LogP contribution in [-0.2, 0) is 0 Å². The fraction of sp³-hybridized carbons (Fsp3) is 0.333. The van der Waals surface area contributed by atoms with Crippen molar-refractivity contribution in [1.29, 1.82) is 5.26 Å². The van der Waals surface area contributed by atoms with Gasteiger partial charge < -0.3 is 10.4 Å². The molecular weight excluding hydrogens is 346 g/mol. The number of aromatic nitrogens is 1. The predicted molar refractivity (Wildman–Crippen MR) is 82.6 cm³/mol. The van der Waals surface area contributed by atoms with E-state index in [1.165, 1.54) is 22.7 Å². The predicted octanol–water partition coefficient (Wildman–Crippen LogP) is 3.69. The molecule has 2 rings (SSSR count). The van der Waals surface area contributed by atoms with E-state index in [0.717, 1.165) is 20.2 Å². The molecule has 0 aliphatic rings. The van der Waals surface area contributed by atoms with Crippen LogP contribution >= 0.6 is 38.6 Å². The van der Waals surface area contributed by atoms with Crippen LogP contribution in [0.4, 0.5) is 5.13 Å². The molecule has 0 spiro atoms. The Morgan fingerprint density at radius 3 is 2.89 bits per heavy atom. The third kappa shape index (κ3) is 3.34. The minimum Gasteiger partial charge on any atom is -0.394 e. The molecule has 19 heavy (non-hydrogen) atoms. The lowest BCUT2D eigenvalue weighted by Gasteiger charge is -2.22. The van der Waals surface area contributed by atoms with Gasteiger partial charge >= 0.3 is 0 Å². The highest BCUT2D eigenvalue weighted by Crippen LogP contribution is 2.37. The first-order valence-corrected chi connectivity index (χ1v) is 7.98. The van der Waals surface area contributed by atoms with Crippen molar-refractivity contribution in [2.45, 2.75) is 19.4 Å². The minimum atomic E-state index is -0.403. The van der Waals surface area contributed by atoms with E-state index in [1.54, 1.807) is 6.07 Å². The van der Waals surface area contributed by atoms with Gasteiger partial charge in [-0.15, -0.1) is 22.7 Å². The number of nitrogens with one attached hydrogen (secondary N) is 1. The number of rotatable bonds is 4. The molecule has 7 heteroatoms. The number of hydrogen-bond acceptors (Lipinski definition) is 6. The number of aliphatic hydroxyl groups excluding tert-OH is 1. The van der Waals surface area contributed by atoms with E-state index in [1.807, 2.05) is 19.2 Å². The fourth-order valence-electron chi connectivity index (χ4n) is 1.36. The Morgan fingerprint density at radius 2 is 2.32 bits per heavy atom. The van der Waals surface area contributed by atoms with Gasteiger partial charge in [0, 0.05) is 9.85 Å². The topological polar surface area (TPSA) is 68.9 Å². The van der Waals surface area contributed by atoms with Crippen LogP contribution in [0, 0.1) is 11.3 Å². The maximum atomic E-state index is 9.23. The summed E-state index contributed by atoms with van der Waals surface area (Å²) in [7, 11) is 0. The highest BCUT2D eigenvalue weighted by Gasteiger charge is 2.19. The largest absolute Gasteiger partial charge is 0.394 e. The molecule has 0 saturated carbocycles. The van der Waals surface area contributed by atoms with Crippen molar-refractivity contribution in [2.24, 2.45) is 0 Å². The molecule has 2 heterocycles. The van der Waals surface area contributed by atoms with Crippen molar-refractivity contribution in [3.05, 3.63) is 20.8 Å². The molecule has 0 bridgehead atoms. The zero-order valence-corrected chi connectivity index (χ0v) is 13.6. The summed E-state index contributed by atoms with van der Waals surface area (Å²) in [5.74, 6) is 0. The first kappa shape index (κ1) is 14.5. The Morgan fingerprint density at radius 1 is 1.58 bits per heavy atom. The minimum absolute atomic E-state index is 0.0309. The molecule has 0 unspecified atom stereocenters. The van der Waals surface area contributed by atoms with E-state index in [4.69, 9.17) is 5.26 Å². The van der Waals surface area contributed by atoms with Gasteiger partial charge in [-0.05, 0) is 35.8 Å². The van der Waals surface area contributed by atoms with E-state index in [2.05, 4.69) is 32.3 Å². The third-order valence-corrected chi connectivity index (χ3v) is 5.08. The van der Waals surface area contributed by atoms with Gasteiger partial charge in [0.1, 0.15) is 10.9 Å². The van der Waals surface area contributed by atoms with Crippen molar-refractivity contribution >= 4 is 43.7 Å². The van der Waals surface area contributed by atoms with Crippen molar-refractivity contribution in [3.63, 3.8) is 0 Å². The molecule has 0 aliphatic carbocycles. The zero-order valence-electron chi connectivity index (χ0n) is 10.4. The molecule has 0 fully saturated rings. The first-order valence-electron chi connectivity index (χ1n) is 5.49. The van der Waals surface area contributed by atoms with Crippen LogP contribution in [0.25, 0.3) is 10.6 Å². The lowest BCUT2D eigenvalue weighted by molar-refractivity contribution is 0.234. The second kappa shape index (κ2) is 5.59. The Bertz CT molecular complexity index is 627. The number of anilines is 1. The summed E-state index contributed by atoms with van der Waals surface area (Å²) in [4.78, 5) is 6.09. The molecule has 2 N–H and O–H groups in total. The summed E-state index contributed by atoms with van der Waals surface area (Å²) in [5.41, 5.74) is 0.430. The van der Waals surface area contributed by atoms with Crippen LogP contribution in [0.2, 0.25) is 0 Å². The smallest absolute Gasteiger partial charge is 0.183 e. The van der Waals surface area contributed by atoms with E-state index in [-0.39, 0.29) is 6.61 Å². The van der Waals surface area contributed by atoms with Gasteiger partial charge in [-0.1, -0.05) is 0 Å². The van der Waals surface area contributed by atoms with Gasteiger partial charge in [0.15, 0.2) is 5.13 Å². The maximum absolute atomic E-state index is 9.23. The summed E-state index contributed by atoms with van der Waals surface area (Å²) in [6.45, 7) is 3.84. The van der Waals surface area contributed by atoms with E-state index in [0.29, 0.717) is 4.88 Å². The molecular formula is C12H12BrN3OS2. The van der Waals surface area contributed by atoms with Crippen LogP contribution in [0.15, 0.2) is 15.9 Å². The Labute approximate surface area is 127 Å². The molecule has 0 aliphatic heterocycles. The van der Waals surface area contributed by atoms with Crippen molar-refractivity contribution in [1.82, 2.24) is 4.98 Å². The average Bonchev–Trinajstić information content (AvgIpc) is 2.95. The highest BCUT2D eigenvalue weighted by molar-refractivity contribution is 9.10. The van der Waals surface area contributed by atoms with Crippen LogP contribution in [0.5, 0.6) is 0 Å². The Balaban J connectivity index is 2.26. The number of nitriles is 1. The standard InChI is InChI=1S/C12H12BrN3OS2/c1-12(2,6-17)16-11-15-9(5-18-11)10-8(13)3-7(4-14)19-10/h3,5,17H,6H2,1-2H3,(H,15,16). The zero-order chi connectivity index (χ0) is 14.0. The molecule has 0 amide bonds.